The first-order valence-electron chi connectivity index (χ1n) is 6.72. The molecule has 102 valence electrons. The molecule has 0 fully saturated rings. The van der Waals surface area contributed by atoms with Crippen molar-refractivity contribution < 1.29 is 0 Å². The van der Waals surface area contributed by atoms with Gasteiger partial charge in [-0.25, -0.2) is 5.43 Å². The second-order valence-electron chi connectivity index (χ2n) is 4.54. The molecule has 0 radical (unpaired) electrons. The summed E-state index contributed by atoms with van der Waals surface area (Å²) >= 11 is 0. The summed E-state index contributed by atoms with van der Waals surface area (Å²) in [6.07, 6.45) is 7.68. The van der Waals surface area contributed by atoms with Gasteiger partial charge in [0.1, 0.15) is 0 Å². The highest BCUT2D eigenvalue weighted by molar-refractivity contribution is 5.30. The lowest BCUT2D eigenvalue weighted by Crippen LogP contribution is -2.30. The van der Waals surface area contributed by atoms with Gasteiger partial charge in [0, 0.05) is 24.5 Å². The van der Waals surface area contributed by atoms with E-state index >= 15 is 0 Å². The van der Waals surface area contributed by atoms with Crippen molar-refractivity contribution in [3.63, 3.8) is 0 Å². The smallest absolute Gasteiger partial charge is 0.0914 e. The molecule has 2 rings (SSSR count). The summed E-state index contributed by atoms with van der Waals surface area (Å²) in [6, 6.07) is 3.93. The van der Waals surface area contributed by atoms with Crippen molar-refractivity contribution in [1.29, 1.82) is 0 Å². The zero-order valence-corrected chi connectivity index (χ0v) is 11.5. The van der Waals surface area contributed by atoms with Gasteiger partial charge in [-0.3, -0.25) is 15.5 Å². The van der Waals surface area contributed by atoms with Gasteiger partial charge in [0.2, 0.25) is 0 Å². The van der Waals surface area contributed by atoms with Crippen molar-refractivity contribution in [3.05, 3.63) is 47.5 Å². The molecule has 0 bridgehead atoms. The number of nitrogens with one attached hydrogen (secondary N) is 1. The summed E-state index contributed by atoms with van der Waals surface area (Å²) in [6.45, 7) is 5.17. The van der Waals surface area contributed by atoms with Gasteiger partial charge in [-0.1, -0.05) is 19.9 Å². The van der Waals surface area contributed by atoms with Crippen molar-refractivity contribution in [2.75, 3.05) is 0 Å². The minimum Gasteiger partial charge on any atom is -0.272 e. The van der Waals surface area contributed by atoms with E-state index < -0.39 is 0 Å². The molecule has 1 atom stereocenters. The predicted molar refractivity (Wildman–Crippen MR) is 75.3 cm³/mol. The van der Waals surface area contributed by atoms with Crippen LogP contribution in [0.2, 0.25) is 0 Å². The predicted octanol–water partition coefficient (Wildman–Crippen LogP) is 1.80. The molecule has 2 heterocycles. The molecular weight excluding hydrogens is 238 g/mol. The van der Waals surface area contributed by atoms with Crippen LogP contribution in [0, 0.1) is 0 Å². The van der Waals surface area contributed by atoms with Crippen LogP contribution < -0.4 is 11.3 Å². The Morgan fingerprint density at radius 2 is 2.26 bits per heavy atom. The zero-order chi connectivity index (χ0) is 13.7. The van der Waals surface area contributed by atoms with Crippen molar-refractivity contribution in [2.24, 2.45) is 5.84 Å². The van der Waals surface area contributed by atoms with E-state index in [1.165, 1.54) is 5.56 Å². The molecule has 0 spiro atoms. The molecule has 0 aliphatic carbocycles. The number of nitrogens with two attached hydrogens (primary N) is 1. The molecule has 2 aromatic rings. The Balaban J connectivity index is 2.32. The minimum atomic E-state index is -0.109. The van der Waals surface area contributed by atoms with Crippen LogP contribution in [0.5, 0.6) is 0 Å². The molecule has 0 aromatic carbocycles. The van der Waals surface area contributed by atoms with Gasteiger partial charge in [0.15, 0.2) is 0 Å². The summed E-state index contributed by atoms with van der Waals surface area (Å²) in [5, 5.41) is 4.35. The third kappa shape index (κ3) is 3.00. The average molecular weight is 259 g/mol. The van der Waals surface area contributed by atoms with Crippen LogP contribution in [0.15, 0.2) is 30.7 Å². The number of rotatable bonds is 6. The summed E-state index contributed by atoms with van der Waals surface area (Å²) < 4.78 is 1.94. The van der Waals surface area contributed by atoms with Gasteiger partial charge in [-0.05, 0) is 24.5 Å². The van der Waals surface area contributed by atoms with Gasteiger partial charge in [-0.15, -0.1) is 0 Å². The fourth-order valence-corrected chi connectivity index (χ4v) is 2.22. The van der Waals surface area contributed by atoms with Gasteiger partial charge in [0.25, 0.3) is 0 Å². The molecule has 0 amide bonds. The highest BCUT2D eigenvalue weighted by Crippen LogP contribution is 2.22. The molecular formula is C14H21N5. The van der Waals surface area contributed by atoms with Crippen LogP contribution in [-0.4, -0.2) is 14.8 Å². The van der Waals surface area contributed by atoms with E-state index in [9.17, 15) is 0 Å². The zero-order valence-electron chi connectivity index (χ0n) is 11.5. The molecule has 1 unspecified atom stereocenters. The molecule has 0 saturated carbocycles. The maximum atomic E-state index is 5.72. The van der Waals surface area contributed by atoms with Gasteiger partial charge >= 0.3 is 0 Å². The lowest BCUT2D eigenvalue weighted by molar-refractivity contribution is 0.594. The Morgan fingerprint density at radius 1 is 1.42 bits per heavy atom. The Morgan fingerprint density at radius 3 is 2.95 bits per heavy atom. The van der Waals surface area contributed by atoms with Crippen LogP contribution in [0.3, 0.4) is 0 Å². The SMILES string of the molecule is CCCn1cc(C(NN)c2ncccc2CC)cn1. The molecule has 3 N–H and O–H groups in total. The number of pyridine rings is 1. The monoisotopic (exact) mass is 259 g/mol. The van der Waals surface area contributed by atoms with E-state index in [1.807, 2.05) is 23.1 Å². The molecule has 19 heavy (non-hydrogen) atoms. The van der Waals surface area contributed by atoms with E-state index in [0.717, 1.165) is 30.6 Å². The van der Waals surface area contributed by atoms with Crippen molar-refractivity contribution >= 4 is 0 Å². The third-order valence-electron chi connectivity index (χ3n) is 3.19. The lowest BCUT2D eigenvalue weighted by atomic mass is 10.0. The summed E-state index contributed by atoms with van der Waals surface area (Å²) in [7, 11) is 0. The summed E-state index contributed by atoms with van der Waals surface area (Å²) in [5.74, 6) is 5.72. The van der Waals surface area contributed by atoms with Crippen molar-refractivity contribution in [3.8, 4) is 0 Å². The van der Waals surface area contributed by atoms with Crippen molar-refractivity contribution in [1.82, 2.24) is 20.2 Å². The van der Waals surface area contributed by atoms with Crippen LogP contribution in [0.25, 0.3) is 0 Å². The Kier molecular flexibility index (Phi) is 4.65. The molecule has 0 saturated heterocycles. The van der Waals surface area contributed by atoms with Crippen LogP contribution >= 0.6 is 0 Å². The first-order valence-corrected chi connectivity index (χ1v) is 6.72. The maximum Gasteiger partial charge on any atom is 0.0914 e. The second kappa shape index (κ2) is 6.45. The van der Waals surface area contributed by atoms with Gasteiger partial charge in [0.05, 0.1) is 17.9 Å². The molecule has 0 aliphatic rings. The normalized spacial score (nSPS) is 12.6. The number of hydrazine groups is 1. The Labute approximate surface area is 113 Å². The number of aromatic nitrogens is 3. The first-order chi connectivity index (χ1) is 9.30. The fourth-order valence-electron chi connectivity index (χ4n) is 2.22. The second-order valence-corrected chi connectivity index (χ2v) is 4.54. The van der Waals surface area contributed by atoms with Crippen molar-refractivity contribution in [2.45, 2.75) is 39.3 Å². The third-order valence-corrected chi connectivity index (χ3v) is 3.19. The van der Waals surface area contributed by atoms with E-state index in [1.54, 1.807) is 6.20 Å². The van der Waals surface area contributed by atoms with Crippen LogP contribution in [0.4, 0.5) is 0 Å². The molecule has 5 nitrogen and oxygen atoms in total. The standard InChI is InChI=1S/C14H21N5/c1-3-8-19-10-12(9-17-19)14(18-15)13-11(4-2)6-5-7-16-13/h5-7,9-10,14,18H,3-4,8,15H2,1-2H3. The maximum absolute atomic E-state index is 5.72. The van der Waals surface area contributed by atoms with Gasteiger partial charge < -0.3 is 0 Å². The Hall–Kier alpha value is -1.72. The lowest BCUT2D eigenvalue weighted by Gasteiger charge is -2.16. The highest BCUT2D eigenvalue weighted by atomic mass is 15.3. The number of nitrogens with zero attached hydrogens (tertiary/aromatic N) is 3. The molecule has 2 aromatic heterocycles. The largest absolute Gasteiger partial charge is 0.272 e. The number of aryl methyl sites for hydroxylation is 2. The first kappa shape index (κ1) is 13.7. The number of hydrogen-bond donors (Lipinski definition) is 2. The number of hydrogen-bond acceptors (Lipinski definition) is 4. The van der Waals surface area contributed by atoms with Crippen LogP contribution in [0.1, 0.15) is 43.1 Å². The van der Waals surface area contributed by atoms with E-state index in [4.69, 9.17) is 5.84 Å². The highest BCUT2D eigenvalue weighted by Gasteiger charge is 2.18. The van der Waals surface area contributed by atoms with E-state index in [0.29, 0.717) is 0 Å². The van der Waals surface area contributed by atoms with Crippen LogP contribution in [-0.2, 0) is 13.0 Å². The van der Waals surface area contributed by atoms with E-state index in [-0.39, 0.29) is 6.04 Å². The van der Waals surface area contributed by atoms with Gasteiger partial charge in [-0.2, -0.15) is 5.10 Å². The quantitative estimate of drug-likeness (QED) is 0.613. The summed E-state index contributed by atoms with van der Waals surface area (Å²) in [4.78, 5) is 4.47. The summed E-state index contributed by atoms with van der Waals surface area (Å²) in [5.41, 5.74) is 6.07. The van der Waals surface area contributed by atoms with E-state index in [2.05, 4.69) is 35.4 Å². The molecule has 5 heteroatoms. The Bertz CT molecular complexity index is 520. The fraction of sp³-hybridized carbons (Fsp3) is 0.429. The molecule has 0 aliphatic heterocycles. The topological polar surface area (TPSA) is 68.8 Å². The minimum absolute atomic E-state index is 0.109. The average Bonchev–Trinajstić information content (AvgIpc) is 2.89.